The summed E-state index contributed by atoms with van der Waals surface area (Å²) < 4.78 is 5.91. The molecule has 0 radical (unpaired) electrons. The molecule has 0 amide bonds. The number of fused-ring (bicyclic) bond motifs is 5. The molecular formula is C32H54O3. The Labute approximate surface area is 215 Å². The van der Waals surface area contributed by atoms with Gasteiger partial charge in [-0.3, -0.25) is 4.79 Å². The zero-order chi connectivity index (χ0) is 25.6. The fraction of sp³-hybridized carbons (Fsp3) is 0.906. The summed E-state index contributed by atoms with van der Waals surface area (Å²) in [5, 5.41) is 9.55. The van der Waals surface area contributed by atoms with E-state index in [4.69, 9.17) is 4.74 Å². The van der Waals surface area contributed by atoms with Crippen LogP contribution in [0, 0.1) is 51.8 Å². The van der Waals surface area contributed by atoms with Crippen LogP contribution >= 0.6 is 0 Å². The van der Waals surface area contributed by atoms with Gasteiger partial charge in [-0.2, -0.15) is 0 Å². The zero-order valence-electron chi connectivity index (χ0n) is 23.9. The van der Waals surface area contributed by atoms with Gasteiger partial charge in [0.05, 0.1) is 12.0 Å². The maximum atomic E-state index is 12.6. The van der Waals surface area contributed by atoms with Crippen LogP contribution in [0.4, 0.5) is 0 Å². The summed E-state index contributed by atoms with van der Waals surface area (Å²) in [5.41, 5.74) is 1.55. The first-order chi connectivity index (χ1) is 16.4. The van der Waals surface area contributed by atoms with E-state index in [2.05, 4.69) is 40.7 Å². The molecule has 4 aliphatic carbocycles. The molecule has 0 heterocycles. The second kappa shape index (κ2) is 10.1. The summed E-state index contributed by atoms with van der Waals surface area (Å²) >= 11 is 0. The fourth-order valence-electron chi connectivity index (χ4n) is 9.13. The number of ether oxygens (including phenoxy) is 1. The largest absolute Gasteiger partial charge is 0.462 e. The van der Waals surface area contributed by atoms with Gasteiger partial charge >= 0.3 is 5.97 Å². The normalized spacial score (nSPS) is 39.9. The molecule has 4 aliphatic rings. The molecule has 200 valence electrons. The number of rotatable bonds is 8. The first kappa shape index (κ1) is 27.2. The van der Waals surface area contributed by atoms with Crippen LogP contribution in [0.2, 0.25) is 0 Å². The highest BCUT2D eigenvalue weighted by atomic mass is 16.5. The molecule has 3 unspecified atom stereocenters. The number of aliphatic hydroxyl groups excluding tert-OH is 1. The zero-order valence-corrected chi connectivity index (χ0v) is 23.9. The van der Waals surface area contributed by atoms with E-state index in [1.165, 1.54) is 51.4 Å². The molecule has 35 heavy (non-hydrogen) atoms. The van der Waals surface area contributed by atoms with E-state index in [1.54, 1.807) is 19.4 Å². The van der Waals surface area contributed by atoms with Crippen molar-refractivity contribution in [3.63, 3.8) is 0 Å². The van der Waals surface area contributed by atoms with Crippen LogP contribution in [0.1, 0.15) is 119 Å². The number of carbonyl (C=O) groups is 1. The SMILES string of the molecule is CC(C)CCC[C@@H](C)[C@H]1CCC2C3CC=C4C[C@@H](OC(=O)C(C)(C)CO)CC[C@]4(C)C3CC[C@@]21C. The topological polar surface area (TPSA) is 46.5 Å². The number of aliphatic hydroxyl groups is 1. The predicted octanol–water partition coefficient (Wildman–Crippen LogP) is 7.96. The molecule has 3 nitrogen and oxygen atoms in total. The Kier molecular flexibility index (Phi) is 7.89. The Morgan fingerprint density at radius 3 is 2.51 bits per heavy atom. The van der Waals surface area contributed by atoms with Crippen molar-refractivity contribution in [3.05, 3.63) is 11.6 Å². The fourth-order valence-corrected chi connectivity index (χ4v) is 9.13. The van der Waals surface area contributed by atoms with Crippen molar-refractivity contribution in [3.8, 4) is 0 Å². The molecule has 0 aromatic carbocycles. The average Bonchev–Trinajstić information content (AvgIpc) is 3.16. The molecule has 3 heteroatoms. The predicted molar refractivity (Wildman–Crippen MR) is 144 cm³/mol. The van der Waals surface area contributed by atoms with Gasteiger partial charge in [0.1, 0.15) is 6.10 Å². The van der Waals surface area contributed by atoms with E-state index in [1.807, 2.05) is 0 Å². The van der Waals surface area contributed by atoms with Gasteiger partial charge in [0.25, 0.3) is 0 Å². The summed E-state index contributed by atoms with van der Waals surface area (Å²) in [6.07, 6.45) is 16.6. The van der Waals surface area contributed by atoms with Gasteiger partial charge in [-0.1, -0.05) is 65.5 Å². The Balaban J connectivity index is 1.44. The Hall–Kier alpha value is -0.830. The minimum Gasteiger partial charge on any atom is -0.462 e. The number of carbonyl (C=O) groups excluding carboxylic acids is 1. The van der Waals surface area contributed by atoms with Crippen molar-refractivity contribution in [1.82, 2.24) is 0 Å². The van der Waals surface area contributed by atoms with Crippen LogP contribution in [-0.2, 0) is 9.53 Å². The highest BCUT2D eigenvalue weighted by Gasteiger charge is 2.59. The lowest BCUT2D eigenvalue weighted by molar-refractivity contribution is -0.164. The number of esters is 1. The molecule has 0 saturated heterocycles. The van der Waals surface area contributed by atoms with Gasteiger partial charge in [0.15, 0.2) is 0 Å². The van der Waals surface area contributed by atoms with Gasteiger partial charge in [-0.15, -0.1) is 0 Å². The Morgan fingerprint density at radius 1 is 1.09 bits per heavy atom. The minimum atomic E-state index is -0.814. The summed E-state index contributed by atoms with van der Waals surface area (Å²) in [7, 11) is 0. The van der Waals surface area contributed by atoms with Crippen molar-refractivity contribution < 1.29 is 14.6 Å². The lowest BCUT2D eigenvalue weighted by atomic mass is 9.47. The standard InChI is InChI=1S/C32H54O3/c1-21(2)9-8-10-22(3)26-13-14-27-25-12-11-23-19-24(35-29(34)30(4,5)20-33)15-17-31(23,6)28(25)16-18-32(26,27)7/h11,21-22,24-28,33H,8-10,12-20H2,1-7H3/t22-,24+,25?,26-,27?,28?,31+,32-/m1/s1. The highest BCUT2D eigenvalue weighted by molar-refractivity contribution is 5.76. The third-order valence-electron chi connectivity index (χ3n) is 11.5. The first-order valence-corrected chi connectivity index (χ1v) is 14.9. The second-order valence-corrected chi connectivity index (χ2v) is 14.6. The molecule has 1 N–H and O–H groups in total. The maximum Gasteiger partial charge on any atom is 0.314 e. The van der Waals surface area contributed by atoms with Crippen LogP contribution < -0.4 is 0 Å². The van der Waals surface area contributed by atoms with Crippen molar-refractivity contribution in [2.24, 2.45) is 51.8 Å². The molecule has 0 spiro atoms. The second-order valence-electron chi connectivity index (χ2n) is 14.6. The molecule has 0 bridgehead atoms. The molecule has 0 aromatic heterocycles. The quantitative estimate of drug-likeness (QED) is 0.280. The molecule has 4 rings (SSSR count). The lowest BCUT2D eigenvalue weighted by Crippen LogP contribution is -2.51. The monoisotopic (exact) mass is 486 g/mol. The van der Waals surface area contributed by atoms with Crippen molar-refractivity contribution in [2.75, 3.05) is 6.61 Å². The lowest BCUT2D eigenvalue weighted by Gasteiger charge is -2.58. The van der Waals surface area contributed by atoms with Gasteiger partial charge < -0.3 is 9.84 Å². The van der Waals surface area contributed by atoms with Crippen LogP contribution in [-0.4, -0.2) is 23.8 Å². The van der Waals surface area contributed by atoms with Gasteiger partial charge in [-0.05, 0) is 105 Å². The molecule has 8 atom stereocenters. The molecule has 3 fully saturated rings. The third kappa shape index (κ3) is 5.01. The van der Waals surface area contributed by atoms with Gasteiger partial charge in [0, 0.05) is 6.42 Å². The average molecular weight is 487 g/mol. The summed E-state index contributed by atoms with van der Waals surface area (Å²) in [6, 6.07) is 0. The molecule has 0 aromatic rings. The van der Waals surface area contributed by atoms with E-state index in [0.29, 0.717) is 5.41 Å². The molecular weight excluding hydrogens is 432 g/mol. The third-order valence-corrected chi connectivity index (χ3v) is 11.5. The van der Waals surface area contributed by atoms with Crippen molar-refractivity contribution in [1.29, 1.82) is 0 Å². The van der Waals surface area contributed by atoms with Crippen molar-refractivity contribution >= 4 is 5.97 Å². The first-order valence-electron chi connectivity index (χ1n) is 14.9. The van der Waals surface area contributed by atoms with Crippen molar-refractivity contribution in [2.45, 2.75) is 125 Å². The molecule has 0 aliphatic heterocycles. The van der Waals surface area contributed by atoms with Crippen LogP contribution in [0.5, 0.6) is 0 Å². The summed E-state index contributed by atoms with van der Waals surface area (Å²) in [6.45, 7) is 15.9. The van der Waals surface area contributed by atoms with E-state index < -0.39 is 5.41 Å². The van der Waals surface area contributed by atoms with E-state index >= 15 is 0 Å². The number of hydrogen-bond donors (Lipinski definition) is 1. The van der Waals surface area contributed by atoms with E-state index in [-0.39, 0.29) is 24.1 Å². The molecule has 3 saturated carbocycles. The summed E-state index contributed by atoms with van der Waals surface area (Å²) in [5.74, 6) is 4.85. The smallest absolute Gasteiger partial charge is 0.314 e. The number of hydrogen-bond acceptors (Lipinski definition) is 3. The number of allylic oxidation sites excluding steroid dienone is 1. The van der Waals surface area contributed by atoms with E-state index in [9.17, 15) is 9.90 Å². The maximum absolute atomic E-state index is 12.6. The van der Waals surface area contributed by atoms with Crippen LogP contribution in [0.15, 0.2) is 11.6 Å². The van der Waals surface area contributed by atoms with Gasteiger partial charge in [0.2, 0.25) is 0 Å². The summed E-state index contributed by atoms with van der Waals surface area (Å²) in [4.78, 5) is 12.6. The highest BCUT2D eigenvalue weighted by Crippen LogP contribution is 2.67. The van der Waals surface area contributed by atoms with Gasteiger partial charge in [-0.25, -0.2) is 0 Å². The van der Waals surface area contributed by atoms with E-state index in [0.717, 1.165) is 54.8 Å². The van der Waals surface area contributed by atoms with Crippen LogP contribution in [0.25, 0.3) is 0 Å². The Morgan fingerprint density at radius 2 is 1.83 bits per heavy atom. The Bertz CT molecular complexity index is 797. The van der Waals surface area contributed by atoms with Crippen LogP contribution in [0.3, 0.4) is 0 Å². The minimum absolute atomic E-state index is 0.0272.